The first kappa shape index (κ1) is 29.5. The monoisotopic (exact) mass is 534 g/mol. The van der Waals surface area contributed by atoms with Crippen LogP contribution in [0.2, 0.25) is 0 Å². The number of nitrogens with zero attached hydrogens (tertiary/aromatic N) is 4. The molecule has 3 fully saturated rings. The van der Waals surface area contributed by atoms with Crippen LogP contribution in [-0.4, -0.2) is 26.3 Å². The molecule has 5 aliphatic rings. The van der Waals surface area contributed by atoms with Crippen LogP contribution in [-0.2, 0) is 16.1 Å². The average molecular weight is 535 g/mol. The fourth-order valence-electron chi connectivity index (χ4n) is 10.2. The van der Waals surface area contributed by atoms with Crippen molar-refractivity contribution in [3.63, 3.8) is 0 Å². The molecular weight excluding hydrogens is 491 g/mol. The maximum atomic E-state index is 14.6. The summed E-state index contributed by atoms with van der Waals surface area (Å²) in [5, 5.41) is 14.4. The van der Waals surface area contributed by atoms with Crippen molar-refractivity contribution in [3.05, 3.63) is 41.9 Å². The summed E-state index contributed by atoms with van der Waals surface area (Å²) in [6, 6.07) is 2.21. The molecule has 1 heterocycles. The maximum Gasteiger partial charge on any atom is 1.00 e. The van der Waals surface area contributed by atoms with Gasteiger partial charge in [0, 0.05) is 17.4 Å². The Morgan fingerprint density at radius 3 is 2.40 bits per heavy atom. The van der Waals surface area contributed by atoms with E-state index < -0.39 is 10.8 Å². The predicted molar refractivity (Wildman–Crippen MR) is 149 cm³/mol. The second kappa shape index (κ2) is 9.02. The minimum atomic E-state index is -0.640. The van der Waals surface area contributed by atoms with Crippen LogP contribution in [0.5, 0.6) is 0 Å². The zero-order chi connectivity index (χ0) is 28.2. The maximum absolute atomic E-state index is 14.6. The van der Waals surface area contributed by atoms with Gasteiger partial charge in [-0.15, -0.1) is 5.41 Å². The second-order valence-corrected chi connectivity index (χ2v) is 15.5. The molecular formula is C33H43LiN4O2. The summed E-state index contributed by atoms with van der Waals surface area (Å²) in [6.45, 7) is 16.5. The minimum Gasteiger partial charge on any atom is -0.297 e. The predicted octanol–water partition coefficient (Wildman–Crippen LogP) is 3.46. The van der Waals surface area contributed by atoms with E-state index >= 15 is 0 Å². The van der Waals surface area contributed by atoms with Crippen LogP contribution in [0.1, 0.15) is 93.4 Å². The Bertz CT molecular complexity index is 1350. The smallest absolute Gasteiger partial charge is 0.297 e. The number of fused-ring (bicyclic) bond motifs is 7. The second-order valence-electron chi connectivity index (χ2n) is 15.5. The van der Waals surface area contributed by atoms with Gasteiger partial charge in [0.25, 0.3) is 0 Å². The van der Waals surface area contributed by atoms with Crippen molar-refractivity contribution >= 4 is 11.6 Å². The summed E-state index contributed by atoms with van der Waals surface area (Å²) < 4.78 is 1.97. The van der Waals surface area contributed by atoms with Crippen LogP contribution in [0.15, 0.2) is 36.0 Å². The quantitative estimate of drug-likeness (QED) is 0.428. The van der Waals surface area contributed by atoms with Gasteiger partial charge in [-0.05, 0) is 35.7 Å². The molecule has 0 N–H and O–H groups in total. The van der Waals surface area contributed by atoms with Crippen molar-refractivity contribution in [1.82, 2.24) is 14.8 Å². The Balaban J connectivity index is 0.00000323. The number of ketones is 2. The Morgan fingerprint density at radius 2 is 1.75 bits per heavy atom. The molecule has 0 saturated heterocycles. The van der Waals surface area contributed by atoms with Gasteiger partial charge in [-0.25, -0.2) is 4.98 Å². The molecule has 6 rings (SSSR count). The van der Waals surface area contributed by atoms with E-state index in [2.05, 4.69) is 50.8 Å². The molecule has 6 nitrogen and oxygen atoms in total. The number of nitriles is 1. The van der Waals surface area contributed by atoms with Gasteiger partial charge in [0.05, 0.1) is 5.57 Å². The number of hydrogen-bond acceptors (Lipinski definition) is 5. The molecule has 0 bridgehead atoms. The SMILES string of the molecule is CC1(C)CC[C@]2(Cn3cncn3)CC[C@]3(C)[C@H](C(=O)C=C4[C@@]5(C)C=C(C#N)C(=O)C(C)(C)C5CC[C@]43C)[C-]2C1.[Li+]. The van der Waals surface area contributed by atoms with E-state index in [1.165, 1.54) is 5.92 Å². The number of allylic oxidation sites excluding steroid dienone is 4. The number of Topliss-reactive ketones (excluding diaryl/α,β-unsaturated/α-hetero) is 1. The number of carbonyl (C=O) groups is 2. The third-order valence-electron chi connectivity index (χ3n) is 12.6. The largest absolute Gasteiger partial charge is 1.00 e. The summed E-state index contributed by atoms with van der Waals surface area (Å²) in [5.41, 5.74) is -0.0259. The minimum absolute atomic E-state index is 0. The van der Waals surface area contributed by atoms with Crippen molar-refractivity contribution in [2.45, 2.75) is 100.0 Å². The fourth-order valence-corrected chi connectivity index (χ4v) is 10.2. The molecule has 0 spiro atoms. The van der Waals surface area contributed by atoms with Gasteiger partial charge in [0.1, 0.15) is 24.5 Å². The molecule has 0 amide bonds. The van der Waals surface area contributed by atoms with Gasteiger partial charge < -0.3 is 0 Å². The van der Waals surface area contributed by atoms with E-state index in [1.54, 1.807) is 6.33 Å². The molecule has 1 aromatic rings. The fraction of sp³-hybridized carbons (Fsp3) is 0.697. The van der Waals surface area contributed by atoms with E-state index in [0.717, 1.165) is 57.1 Å². The van der Waals surface area contributed by atoms with Gasteiger partial charge in [-0.1, -0.05) is 97.1 Å². The molecule has 1 aromatic heterocycles. The summed E-state index contributed by atoms with van der Waals surface area (Å²) >= 11 is 0. The van der Waals surface area contributed by atoms with Crippen LogP contribution in [0.25, 0.3) is 0 Å². The molecule has 1 unspecified atom stereocenters. The summed E-state index contributed by atoms with van der Waals surface area (Å²) in [7, 11) is 0. The number of hydrogen-bond donors (Lipinski definition) is 0. The van der Waals surface area contributed by atoms with Crippen LogP contribution in [0.4, 0.5) is 0 Å². The first-order chi connectivity index (χ1) is 18.1. The van der Waals surface area contributed by atoms with Crippen molar-refractivity contribution in [3.8, 4) is 6.07 Å². The van der Waals surface area contributed by atoms with Gasteiger partial charge >= 0.3 is 18.9 Å². The average Bonchev–Trinajstić information content (AvgIpc) is 3.36. The van der Waals surface area contributed by atoms with E-state index in [0.29, 0.717) is 0 Å². The van der Waals surface area contributed by atoms with Crippen molar-refractivity contribution < 1.29 is 28.4 Å². The molecule has 208 valence electrons. The molecule has 0 aromatic carbocycles. The van der Waals surface area contributed by atoms with Crippen molar-refractivity contribution in [2.24, 2.45) is 44.3 Å². The number of carbonyl (C=O) groups excluding carboxylic acids is 2. The molecule has 40 heavy (non-hydrogen) atoms. The third kappa shape index (κ3) is 3.72. The third-order valence-corrected chi connectivity index (χ3v) is 12.6. The Labute approximate surface area is 251 Å². The normalized spacial score (nSPS) is 41.6. The first-order valence-electron chi connectivity index (χ1n) is 14.8. The molecule has 0 aliphatic heterocycles. The van der Waals surface area contributed by atoms with Gasteiger partial charge in [0.15, 0.2) is 5.78 Å². The molecule has 0 radical (unpaired) electrons. The molecule has 5 aliphatic carbocycles. The van der Waals surface area contributed by atoms with Crippen LogP contribution < -0.4 is 18.9 Å². The standard InChI is InChI=1S/C33H43N4O2.Li/c1-28(2)10-12-33(18-37-20-35-19-36-37)13-11-32(7)26(22(33)16-28)23(38)14-25-30(5)15-21(17-34)27(39)29(3,4)24(30)8-9-31(25,32)6;/h14-15,19-20,24,26H,8-13,16,18H2,1-7H3;/q-1;+1/t24?,26-,30-,31+,32+,33+;/m0./s1. The van der Waals surface area contributed by atoms with E-state index in [-0.39, 0.29) is 69.5 Å². The number of rotatable bonds is 2. The van der Waals surface area contributed by atoms with E-state index in [1.807, 2.05) is 37.0 Å². The zero-order valence-electron chi connectivity index (χ0n) is 25.7. The molecule has 6 atom stereocenters. The first-order valence-corrected chi connectivity index (χ1v) is 14.8. The van der Waals surface area contributed by atoms with Crippen LogP contribution >= 0.6 is 0 Å². The van der Waals surface area contributed by atoms with E-state index in [4.69, 9.17) is 0 Å². The van der Waals surface area contributed by atoms with Crippen molar-refractivity contribution in [1.29, 1.82) is 5.26 Å². The zero-order valence-corrected chi connectivity index (χ0v) is 25.7. The van der Waals surface area contributed by atoms with Gasteiger partial charge in [0.2, 0.25) is 0 Å². The van der Waals surface area contributed by atoms with Crippen LogP contribution in [0.3, 0.4) is 0 Å². The molecule has 3 saturated carbocycles. The van der Waals surface area contributed by atoms with Gasteiger partial charge in [-0.3, -0.25) is 20.2 Å². The topological polar surface area (TPSA) is 88.6 Å². The Kier molecular flexibility index (Phi) is 6.66. The van der Waals surface area contributed by atoms with E-state index in [9.17, 15) is 14.9 Å². The Hall–Kier alpha value is -1.95. The summed E-state index contributed by atoms with van der Waals surface area (Å²) in [4.78, 5) is 32.0. The Morgan fingerprint density at radius 1 is 1.05 bits per heavy atom. The van der Waals surface area contributed by atoms with Crippen LogP contribution in [0, 0.1) is 61.6 Å². The summed E-state index contributed by atoms with van der Waals surface area (Å²) in [5.74, 6) is 1.55. The number of aromatic nitrogens is 3. The van der Waals surface area contributed by atoms with Gasteiger partial charge in [-0.2, -0.15) is 16.8 Å². The van der Waals surface area contributed by atoms with Crippen molar-refractivity contribution in [2.75, 3.05) is 0 Å². The summed E-state index contributed by atoms with van der Waals surface area (Å²) in [6.07, 6.45) is 14.4. The molecule has 7 heteroatoms.